The maximum atomic E-state index is 13.4. The van der Waals surface area contributed by atoms with Gasteiger partial charge in [0, 0.05) is 11.6 Å². The largest absolute Gasteiger partial charge is 0.436 e. The van der Waals surface area contributed by atoms with Gasteiger partial charge in [0.25, 0.3) is 0 Å². The molecular weight excluding hydrogens is 289 g/mol. The molecule has 23 heavy (non-hydrogen) atoms. The van der Waals surface area contributed by atoms with Gasteiger partial charge in [0.05, 0.1) is 0 Å². The Balaban J connectivity index is 1.96. The van der Waals surface area contributed by atoms with E-state index in [0.717, 1.165) is 17.5 Å². The standard InChI is InChI=1S/C20H22FNO/c1-3-4-5-6-9-15-10-7-8-14(2)19(15)20-22-17-12-11-16(21)13-18(17)23-20/h7-8,10-13H,3-6,9H2,1-2H3. The molecule has 3 rings (SSSR count). The van der Waals surface area contributed by atoms with Crippen LogP contribution in [0.2, 0.25) is 0 Å². The van der Waals surface area contributed by atoms with Crippen molar-refractivity contribution >= 4 is 11.1 Å². The number of aryl methyl sites for hydroxylation is 2. The lowest BCUT2D eigenvalue weighted by molar-refractivity contribution is 0.600. The van der Waals surface area contributed by atoms with Crippen LogP contribution in [0.1, 0.15) is 43.7 Å². The molecule has 0 bridgehead atoms. The molecule has 0 unspecified atom stereocenters. The normalized spacial score (nSPS) is 11.3. The number of oxazole rings is 1. The smallest absolute Gasteiger partial charge is 0.227 e. The molecule has 3 heteroatoms. The highest BCUT2D eigenvalue weighted by Gasteiger charge is 2.15. The summed E-state index contributed by atoms with van der Waals surface area (Å²) in [6.07, 6.45) is 5.92. The first-order chi connectivity index (χ1) is 11.2. The maximum Gasteiger partial charge on any atom is 0.227 e. The van der Waals surface area contributed by atoms with Crippen molar-refractivity contribution in [1.82, 2.24) is 4.98 Å². The Labute approximate surface area is 136 Å². The molecule has 120 valence electrons. The van der Waals surface area contributed by atoms with Crippen LogP contribution in [-0.2, 0) is 6.42 Å². The molecule has 0 aliphatic carbocycles. The van der Waals surface area contributed by atoms with Crippen molar-refractivity contribution in [3.05, 3.63) is 53.3 Å². The first-order valence-corrected chi connectivity index (χ1v) is 8.34. The molecule has 0 spiro atoms. The molecule has 0 amide bonds. The highest BCUT2D eigenvalue weighted by molar-refractivity contribution is 5.77. The third-order valence-electron chi connectivity index (χ3n) is 4.22. The van der Waals surface area contributed by atoms with Gasteiger partial charge in [-0.2, -0.15) is 0 Å². The van der Waals surface area contributed by atoms with Crippen LogP contribution in [-0.4, -0.2) is 4.98 Å². The average Bonchev–Trinajstić information content (AvgIpc) is 2.94. The van der Waals surface area contributed by atoms with Crippen LogP contribution < -0.4 is 0 Å². The Morgan fingerprint density at radius 3 is 2.78 bits per heavy atom. The summed E-state index contributed by atoms with van der Waals surface area (Å²) in [4.78, 5) is 4.56. The van der Waals surface area contributed by atoms with Crippen LogP contribution in [0.25, 0.3) is 22.6 Å². The van der Waals surface area contributed by atoms with Gasteiger partial charge in [0.1, 0.15) is 11.3 Å². The van der Waals surface area contributed by atoms with E-state index >= 15 is 0 Å². The number of aromatic nitrogens is 1. The zero-order valence-electron chi connectivity index (χ0n) is 13.7. The van der Waals surface area contributed by atoms with Gasteiger partial charge >= 0.3 is 0 Å². The fourth-order valence-electron chi connectivity index (χ4n) is 2.99. The summed E-state index contributed by atoms with van der Waals surface area (Å²) in [5, 5.41) is 0. The number of rotatable bonds is 6. The van der Waals surface area contributed by atoms with E-state index in [2.05, 4.69) is 37.0 Å². The molecule has 0 atom stereocenters. The predicted molar refractivity (Wildman–Crippen MR) is 92.0 cm³/mol. The van der Waals surface area contributed by atoms with E-state index in [1.54, 1.807) is 6.07 Å². The molecule has 0 saturated carbocycles. The molecule has 2 aromatic carbocycles. The first-order valence-electron chi connectivity index (χ1n) is 8.34. The summed E-state index contributed by atoms with van der Waals surface area (Å²) in [6, 6.07) is 10.8. The second kappa shape index (κ2) is 6.95. The molecule has 3 aromatic rings. The van der Waals surface area contributed by atoms with E-state index in [1.165, 1.54) is 43.4 Å². The van der Waals surface area contributed by atoms with Crippen molar-refractivity contribution in [2.45, 2.75) is 46.0 Å². The number of unbranched alkanes of at least 4 members (excludes halogenated alkanes) is 3. The maximum absolute atomic E-state index is 13.4. The van der Waals surface area contributed by atoms with Gasteiger partial charge in [0.15, 0.2) is 5.58 Å². The minimum Gasteiger partial charge on any atom is -0.436 e. The van der Waals surface area contributed by atoms with Crippen LogP contribution >= 0.6 is 0 Å². The summed E-state index contributed by atoms with van der Waals surface area (Å²) < 4.78 is 19.2. The SMILES string of the molecule is CCCCCCc1cccc(C)c1-c1nc2ccc(F)cc2o1. The van der Waals surface area contributed by atoms with Crippen LogP contribution in [0.5, 0.6) is 0 Å². The summed E-state index contributed by atoms with van der Waals surface area (Å²) in [7, 11) is 0. The first kappa shape index (κ1) is 15.7. The fourth-order valence-corrected chi connectivity index (χ4v) is 2.99. The highest BCUT2D eigenvalue weighted by atomic mass is 19.1. The Hall–Kier alpha value is -2.16. The molecule has 0 saturated heterocycles. The van der Waals surface area contributed by atoms with E-state index in [4.69, 9.17) is 4.42 Å². The Kier molecular flexibility index (Phi) is 4.75. The number of halogens is 1. The second-order valence-electron chi connectivity index (χ2n) is 6.05. The lowest BCUT2D eigenvalue weighted by Gasteiger charge is -2.09. The third-order valence-corrected chi connectivity index (χ3v) is 4.22. The summed E-state index contributed by atoms with van der Waals surface area (Å²) in [6.45, 7) is 4.29. The van der Waals surface area contributed by atoms with E-state index in [-0.39, 0.29) is 5.82 Å². The van der Waals surface area contributed by atoms with Crippen LogP contribution in [0, 0.1) is 12.7 Å². The summed E-state index contributed by atoms with van der Waals surface area (Å²) in [5.74, 6) is 0.291. The molecular formula is C20H22FNO. The van der Waals surface area contributed by atoms with Crippen LogP contribution in [0.4, 0.5) is 4.39 Å². The van der Waals surface area contributed by atoms with Gasteiger partial charge in [-0.15, -0.1) is 0 Å². The second-order valence-corrected chi connectivity index (χ2v) is 6.05. The highest BCUT2D eigenvalue weighted by Crippen LogP contribution is 2.31. The summed E-state index contributed by atoms with van der Waals surface area (Å²) >= 11 is 0. The van der Waals surface area contributed by atoms with E-state index in [9.17, 15) is 4.39 Å². The van der Waals surface area contributed by atoms with E-state index in [1.807, 2.05) is 0 Å². The van der Waals surface area contributed by atoms with Gasteiger partial charge in [-0.05, 0) is 43.0 Å². The monoisotopic (exact) mass is 311 g/mol. The molecule has 1 aromatic heterocycles. The van der Waals surface area contributed by atoms with Crippen molar-refractivity contribution in [1.29, 1.82) is 0 Å². The fraction of sp³-hybridized carbons (Fsp3) is 0.350. The molecule has 1 heterocycles. The molecule has 0 aliphatic heterocycles. The summed E-state index contributed by atoms with van der Waals surface area (Å²) in [5.41, 5.74) is 4.65. The predicted octanol–water partition coefficient (Wildman–Crippen LogP) is 6.07. The van der Waals surface area contributed by atoms with Crippen molar-refractivity contribution in [3.8, 4) is 11.5 Å². The van der Waals surface area contributed by atoms with Crippen LogP contribution in [0.15, 0.2) is 40.8 Å². The Morgan fingerprint density at radius 1 is 1.09 bits per heavy atom. The Morgan fingerprint density at radius 2 is 1.96 bits per heavy atom. The van der Waals surface area contributed by atoms with Gasteiger partial charge in [-0.25, -0.2) is 9.37 Å². The van der Waals surface area contributed by atoms with Crippen molar-refractivity contribution in [2.75, 3.05) is 0 Å². The van der Waals surface area contributed by atoms with Gasteiger partial charge in [0.2, 0.25) is 5.89 Å². The molecule has 2 nitrogen and oxygen atoms in total. The van der Waals surface area contributed by atoms with Crippen molar-refractivity contribution in [3.63, 3.8) is 0 Å². The van der Waals surface area contributed by atoms with E-state index < -0.39 is 0 Å². The number of fused-ring (bicyclic) bond motifs is 1. The lowest BCUT2D eigenvalue weighted by Crippen LogP contribution is -1.94. The quantitative estimate of drug-likeness (QED) is 0.517. The average molecular weight is 311 g/mol. The zero-order chi connectivity index (χ0) is 16.2. The Bertz CT molecular complexity index is 807. The van der Waals surface area contributed by atoms with Crippen LogP contribution in [0.3, 0.4) is 0 Å². The van der Waals surface area contributed by atoms with Gasteiger partial charge in [-0.3, -0.25) is 0 Å². The number of benzene rings is 2. The van der Waals surface area contributed by atoms with Crippen molar-refractivity contribution < 1.29 is 8.81 Å². The third kappa shape index (κ3) is 3.44. The number of hydrogen-bond acceptors (Lipinski definition) is 2. The van der Waals surface area contributed by atoms with E-state index in [0.29, 0.717) is 17.0 Å². The minimum atomic E-state index is -0.301. The lowest BCUT2D eigenvalue weighted by atomic mass is 9.97. The zero-order valence-corrected chi connectivity index (χ0v) is 13.7. The molecule has 0 fully saturated rings. The van der Waals surface area contributed by atoms with Gasteiger partial charge in [-0.1, -0.05) is 44.4 Å². The molecule has 0 radical (unpaired) electrons. The minimum absolute atomic E-state index is 0.301. The number of nitrogens with zero attached hydrogens (tertiary/aromatic N) is 1. The topological polar surface area (TPSA) is 26.0 Å². The molecule has 0 aliphatic rings. The number of hydrogen-bond donors (Lipinski definition) is 0. The van der Waals surface area contributed by atoms with Crippen molar-refractivity contribution in [2.24, 2.45) is 0 Å². The van der Waals surface area contributed by atoms with Gasteiger partial charge < -0.3 is 4.42 Å². The molecule has 0 N–H and O–H groups in total.